The van der Waals surface area contributed by atoms with Crippen molar-refractivity contribution >= 4 is 0 Å². The lowest BCUT2D eigenvalue weighted by Gasteiger charge is -2.47. The number of hydrogen-bond donors (Lipinski definition) is 1. The van der Waals surface area contributed by atoms with Gasteiger partial charge in [-0.25, -0.2) is 0 Å². The van der Waals surface area contributed by atoms with Gasteiger partial charge in [-0.3, -0.25) is 0 Å². The summed E-state index contributed by atoms with van der Waals surface area (Å²) in [6.07, 6.45) is 8.33. The fraction of sp³-hybridized carbons (Fsp3) is 0.867. The third kappa shape index (κ3) is 1.93. The van der Waals surface area contributed by atoms with Gasteiger partial charge in [-0.05, 0) is 31.3 Å². The largest absolute Gasteiger partial charge is 0.389 e. The number of aliphatic hydroxyl groups is 1. The lowest BCUT2D eigenvalue weighted by atomic mass is 9.66. The molecule has 0 amide bonds. The zero-order valence-electron chi connectivity index (χ0n) is 11.1. The second kappa shape index (κ2) is 4.62. The normalized spacial score (nSPS) is 34.9. The third-order valence-corrected chi connectivity index (χ3v) is 5.03. The van der Waals surface area contributed by atoms with E-state index >= 15 is 0 Å². The molecule has 18 heavy (non-hydrogen) atoms. The molecule has 2 saturated carbocycles. The smallest absolute Gasteiger partial charge is 0.191 e. The van der Waals surface area contributed by atoms with Crippen molar-refractivity contribution in [3.8, 4) is 0 Å². The Bertz CT molecular complexity index is 325. The summed E-state index contributed by atoms with van der Waals surface area (Å²) in [5, 5.41) is 10.9. The van der Waals surface area contributed by atoms with Gasteiger partial charge in [-0.15, -0.1) is 0 Å². The Kier molecular flexibility index (Phi) is 3.25. The van der Waals surface area contributed by atoms with Gasteiger partial charge in [0.25, 0.3) is 0 Å². The molecule has 1 saturated heterocycles. The summed E-state index contributed by atoms with van der Waals surface area (Å²) < 4.78 is 11.7. The zero-order chi connectivity index (χ0) is 12.6. The molecule has 2 aliphatic carbocycles. The lowest BCUT2D eigenvalue weighted by molar-refractivity contribution is -0.164. The topological polar surface area (TPSA) is 38.7 Å². The lowest BCUT2D eigenvalue weighted by Crippen LogP contribution is -2.49. The molecule has 1 aliphatic heterocycles. The van der Waals surface area contributed by atoms with E-state index in [9.17, 15) is 5.11 Å². The van der Waals surface area contributed by atoms with Crippen molar-refractivity contribution in [3.05, 3.63) is 12.2 Å². The van der Waals surface area contributed by atoms with Gasteiger partial charge in [-0.1, -0.05) is 25.8 Å². The monoisotopic (exact) mass is 252 g/mol. The van der Waals surface area contributed by atoms with Gasteiger partial charge < -0.3 is 14.6 Å². The van der Waals surface area contributed by atoms with Crippen LogP contribution in [-0.2, 0) is 9.47 Å². The van der Waals surface area contributed by atoms with Gasteiger partial charge in [0, 0.05) is 12.3 Å². The summed E-state index contributed by atoms with van der Waals surface area (Å²) in [5.41, 5.74) is 0.438. The van der Waals surface area contributed by atoms with Crippen LogP contribution in [0.15, 0.2) is 12.2 Å². The predicted octanol–water partition coefficient (Wildman–Crippen LogP) is 2.78. The van der Waals surface area contributed by atoms with E-state index in [1.54, 1.807) is 0 Å². The van der Waals surface area contributed by atoms with Crippen LogP contribution in [0.1, 0.15) is 51.4 Å². The first-order chi connectivity index (χ1) is 8.66. The highest BCUT2D eigenvalue weighted by Gasteiger charge is 2.51. The van der Waals surface area contributed by atoms with E-state index in [-0.39, 0.29) is 5.92 Å². The van der Waals surface area contributed by atoms with Gasteiger partial charge in [0.15, 0.2) is 5.79 Å². The molecule has 3 heteroatoms. The first-order valence-electron chi connectivity index (χ1n) is 7.36. The standard InChI is InChI=1S/C15H24O3/c1-12-13(14(16)7-3-2-4-8-14)6-5-9-15(12)17-10-11-18-15/h13,16H,1-11H2. The molecule has 0 aromatic heterocycles. The van der Waals surface area contributed by atoms with Crippen LogP contribution in [0.2, 0.25) is 0 Å². The number of hydrogen-bond acceptors (Lipinski definition) is 3. The number of rotatable bonds is 1. The molecule has 3 rings (SSSR count). The molecule has 0 aromatic rings. The second-order valence-corrected chi connectivity index (χ2v) is 6.08. The molecular formula is C15H24O3. The highest BCUT2D eigenvalue weighted by Crippen LogP contribution is 2.49. The van der Waals surface area contributed by atoms with E-state index in [0.717, 1.165) is 50.5 Å². The molecule has 102 valence electrons. The molecule has 3 fully saturated rings. The van der Waals surface area contributed by atoms with Crippen molar-refractivity contribution in [3.63, 3.8) is 0 Å². The van der Waals surface area contributed by atoms with E-state index in [0.29, 0.717) is 13.2 Å². The fourth-order valence-corrected chi connectivity index (χ4v) is 4.03. The highest BCUT2D eigenvalue weighted by molar-refractivity contribution is 5.21. The first kappa shape index (κ1) is 12.6. The van der Waals surface area contributed by atoms with Crippen LogP contribution in [0, 0.1) is 5.92 Å². The molecule has 0 radical (unpaired) electrons. The molecule has 1 spiro atoms. The molecule has 1 unspecified atom stereocenters. The van der Waals surface area contributed by atoms with Gasteiger partial charge in [-0.2, -0.15) is 0 Å². The third-order valence-electron chi connectivity index (χ3n) is 5.03. The van der Waals surface area contributed by atoms with Gasteiger partial charge in [0.1, 0.15) is 0 Å². The second-order valence-electron chi connectivity index (χ2n) is 6.08. The van der Waals surface area contributed by atoms with E-state index in [1.807, 2.05) is 0 Å². The molecule has 1 heterocycles. The zero-order valence-corrected chi connectivity index (χ0v) is 11.1. The van der Waals surface area contributed by atoms with Crippen LogP contribution < -0.4 is 0 Å². The Morgan fingerprint density at radius 3 is 2.33 bits per heavy atom. The minimum Gasteiger partial charge on any atom is -0.389 e. The Hall–Kier alpha value is -0.380. The molecular weight excluding hydrogens is 228 g/mol. The molecule has 1 N–H and O–H groups in total. The summed E-state index contributed by atoms with van der Waals surface area (Å²) in [4.78, 5) is 0. The van der Waals surface area contributed by atoms with Gasteiger partial charge in [0.05, 0.1) is 18.8 Å². The summed E-state index contributed by atoms with van der Waals surface area (Å²) in [6.45, 7) is 5.56. The van der Waals surface area contributed by atoms with Crippen molar-refractivity contribution in [2.45, 2.75) is 62.8 Å². The minimum absolute atomic E-state index is 0.157. The van der Waals surface area contributed by atoms with Crippen LogP contribution >= 0.6 is 0 Å². The Labute approximate surface area is 109 Å². The predicted molar refractivity (Wildman–Crippen MR) is 69.2 cm³/mol. The Morgan fingerprint density at radius 2 is 1.67 bits per heavy atom. The van der Waals surface area contributed by atoms with Crippen molar-refractivity contribution < 1.29 is 14.6 Å². The molecule has 0 aromatic carbocycles. The van der Waals surface area contributed by atoms with Crippen molar-refractivity contribution in [1.29, 1.82) is 0 Å². The van der Waals surface area contributed by atoms with Crippen molar-refractivity contribution in [1.82, 2.24) is 0 Å². The van der Waals surface area contributed by atoms with Crippen LogP contribution in [-0.4, -0.2) is 29.7 Å². The van der Waals surface area contributed by atoms with Gasteiger partial charge in [0.2, 0.25) is 0 Å². The molecule has 0 bridgehead atoms. The van der Waals surface area contributed by atoms with E-state index < -0.39 is 11.4 Å². The molecule has 1 atom stereocenters. The van der Waals surface area contributed by atoms with Crippen LogP contribution in [0.3, 0.4) is 0 Å². The quantitative estimate of drug-likeness (QED) is 0.729. The number of ether oxygens (including phenoxy) is 2. The average Bonchev–Trinajstić information content (AvgIpc) is 2.83. The maximum Gasteiger partial charge on any atom is 0.191 e. The van der Waals surface area contributed by atoms with E-state index in [2.05, 4.69) is 6.58 Å². The average molecular weight is 252 g/mol. The first-order valence-corrected chi connectivity index (χ1v) is 7.36. The van der Waals surface area contributed by atoms with E-state index in [4.69, 9.17) is 9.47 Å². The molecule has 3 nitrogen and oxygen atoms in total. The Morgan fingerprint density at radius 1 is 1.00 bits per heavy atom. The summed E-state index contributed by atoms with van der Waals surface area (Å²) >= 11 is 0. The SMILES string of the molecule is C=C1C(C2(O)CCCCC2)CCCC12OCCO2. The van der Waals surface area contributed by atoms with Crippen LogP contribution in [0.4, 0.5) is 0 Å². The van der Waals surface area contributed by atoms with Gasteiger partial charge >= 0.3 is 0 Å². The van der Waals surface area contributed by atoms with Crippen molar-refractivity contribution in [2.24, 2.45) is 5.92 Å². The van der Waals surface area contributed by atoms with Crippen molar-refractivity contribution in [2.75, 3.05) is 13.2 Å². The summed E-state index contributed by atoms with van der Waals surface area (Å²) in [5.74, 6) is -0.416. The minimum atomic E-state index is -0.573. The Balaban J connectivity index is 1.81. The summed E-state index contributed by atoms with van der Waals surface area (Å²) in [7, 11) is 0. The van der Waals surface area contributed by atoms with Crippen LogP contribution in [0.5, 0.6) is 0 Å². The fourth-order valence-electron chi connectivity index (χ4n) is 4.03. The maximum atomic E-state index is 10.9. The summed E-state index contributed by atoms with van der Waals surface area (Å²) in [6, 6.07) is 0. The molecule has 3 aliphatic rings. The van der Waals surface area contributed by atoms with Crippen LogP contribution in [0.25, 0.3) is 0 Å². The van der Waals surface area contributed by atoms with E-state index in [1.165, 1.54) is 6.42 Å². The maximum absolute atomic E-state index is 10.9. The highest BCUT2D eigenvalue weighted by atomic mass is 16.7.